The average molecular weight is 265 g/mol. The molecule has 0 aliphatic heterocycles. The zero-order chi connectivity index (χ0) is 13.5. The van der Waals surface area contributed by atoms with Crippen molar-refractivity contribution in [1.82, 2.24) is 4.90 Å². The molecule has 0 N–H and O–H groups in total. The first-order valence-corrected chi connectivity index (χ1v) is 6.34. The molecule has 0 bridgehead atoms. The zero-order valence-electron chi connectivity index (χ0n) is 10.7. The summed E-state index contributed by atoms with van der Waals surface area (Å²) in [6.07, 6.45) is 0.353. The monoisotopic (exact) mass is 264 g/mol. The van der Waals surface area contributed by atoms with Crippen LogP contribution in [0.15, 0.2) is 24.3 Å². The van der Waals surface area contributed by atoms with Gasteiger partial charge in [0.2, 0.25) is 0 Å². The van der Waals surface area contributed by atoms with Crippen molar-refractivity contribution in [3.05, 3.63) is 34.9 Å². The topological polar surface area (TPSA) is 44.1 Å². The van der Waals surface area contributed by atoms with Gasteiger partial charge in [0.1, 0.15) is 0 Å². The van der Waals surface area contributed by atoms with Gasteiger partial charge in [0.05, 0.1) is 12.5 Å². The Kier molecular flexibility index (Phi) is 5.67. The summed E-state index contributed by atoms with van der Waals surface area (Å²) in [6, 6.07) is 8.90. The fourth-order valence-corrected chi connectivity index (χ4v) is 1.80. The molecule has 0 saturated heterocycles. The predicted octanol–water partition coefficient (Wildman–Crippen LogP) is 3.35. The van der Waals surface area contributed by atoms with Crippen molar-refractivity contribution in [3.8, 4) is 6.07 Å². The third-order valence-electron chi connectivity index (χ3n) is 2.46. The predicted molar refractivity (Wildman–Crippen MR) is 72.4 cm³/mol. The van der Waals surface area contributed by atoms with Crippen LogP contribution < -0.4 is 0 Å². The van der Waals surface area contributed by atoms with Gasteiger partial charge in [-0.25, -0.2) is 0 Å². The number of carbonyl (C=O) groups is 1. The Labute approximate surface area is 113 Å². The maximum absolute atomic E-state index is 12.3. The van der Waals surface area contributed by atoms with Gasteiger partial charge in [-0.05, 0) is 30.2 Å². The van der Waals surface area contributed by atoms with E-state index < -0.39 is 0 Å². The van der Waals surface area contributed by atoms with E-state index in [1.807, 2.05) is 0 Å². The second-order valence-corrected chi connectivity index (χ2v) is 5.00. The molecule has 0 heterocycles. The summed E-state index contributed by atoms with van der Waals surface area (Å²) in [7, 11) is 0. The van der Waals surface area contributed by atoms with E-state index in [9.17, 15) is 4.79 Å². The number of carbonyl (C=O) groups excluding carboxylic acids is 1. The van der Waals surface area contributed by atoms with Crippen LogP contribution in [0.1, 0.15) is 30.6 Å². The van der Waals surface area contributed by atoms with Crippen molar-refractivity contribution in [1.29, 1.82) is 5.26 Å². The number of rotatable bonds is 5. The van der Waals surface area contributed by atoms with Gasteiger partial charge in [-0.1, -0.05) is 25.4 Å². The second kappa shape index (κ2) is 7.03. The van der Waals surface area contributed by atoms with Gasteiger partial charge in [0.15, 0.2) is 0 Å². The number of hydrogen-bond donors (Lipinski definition) is 0. The summed E-state index contributed by atoms with van der Waals surface area (Å²) in [5, 5.41) is 9.24. The van der Waals surface area contributed by atoms with Crippen LogP contribution in [0, 0.1) is 17.2 Å². The Balaban J connectivity index is 2.81. The number of hydrogen-bond acceptors (Lipinski definition) is 2. The second-order valence-electron chi connectivity index (χ2n) is 4.56. The molecule has 4 heteroatoms. The standard InChI is InChI=1S/C14H17ClN2O/c1-11(2)10-17(9-3-8-16)14(18)12-4-6-13(15)7-5-12/h4-7,11H,3,9-10H2,1-2H3. The highest BCUT2D eigenvalue weighted by Gasteiger charge is 2.16. The van der Waals surface area contributed by atoms with E-state index in [4.69, 9.17) is 16.9 Å². The number of nitriles is 1. The summed E-state index contributed by atoms with van der Waals surface area (Å²) in [5.74, 6) is 0.329. The Morgan fingerprint density at radius 2 is 2.00 bits per heavy atom. The highest BCUT2D eigenvalue weighted by atomic mass is 35.5. The number of amides is 1. The van der Waals surface area contributed by atoms with E-state index in [1.54, 1.807) is 29.2 Å². The van der Waals surface area contributed by atoms with E-state index >= 15 is 0 Å². The van der Waals surface area contributed by atoms with Gasteiger partial charge in [-0.3, -0.25) is 4.79 Å². The summed E-state index contributed by atoms with van der Waals surface area (Å²) in [4.78, 5) is 14.0. The van der Waals surface area contributed by atoms with Gasteiger partial charge in [0.25, 0.3) is 5.91 Å². The van der Waals surface area contributed by atoms with Gasteiger partial charge < -0.3 is 4.90 Å². The highest BCUT2D eigenvalue weighted by Crippen LogP contribution is 2.13. The van der Waals surface area contributed by atoms with E-state index in [1.165, 1.54) is 0 Å². The molecule has 1 aromatic carbocycles. The molecule has 0 aliphatic carbocycles. The minimum absolute atomic E-state index is 0.0457. The molecule has 0 radical (unpaired) electrons. The average Bonchev–Trinajstić information content (AvgIpc) is 2.34. The molecular formula is C14H17ClN2O. The molecular weight excluding hydrogens is 248 g/mol. The summed E-state index contributed by atoms with van der Waals surface area (Å²) in [6.45, 7) is 5.22. The minimum atomic E-state index is -0.0457. The van der Waals surface area contributed by atoms with Crippen molar-refractivity contribution in [3.63, 3.8) is 0 Å². The molecule has 1 amide bonds. The fraction of sp³-hybridized carbons (Fsp3) is 0.429. The maximum atomic E-state index is 12.3. The SMILES string of the molecule is CC(C)CN(CCC#N)C(=O)c1ccc(Cl)cc1. The molecule has 96 valence electrons. The molecule has 0 saturated carbocycles. The Hall–Kier alpha value is -1.53. The molecule has 0 aromatic heterocycles. The Bertz CT molecular complexity index is 434. The largest absolute Gasteiger partial charge is 0.337 e. The van der Waals surface area contributed by atoms with Crippen molar-refractivity contribution >= 4 is 17.5 Å². The molecule has 0 aliphatic rings. The Morgan fingerprint density at radius 1 is 1.39 bits per heavy atom. The van der Waals surface area contributed by atoms with Crippen LogP contribution in [-0.4, -0.2) is 23.9 Å². The van der Waals surface area contributed by atoms with Crippen molar-refractivity contribution in [2.24, 2.45) is 5.92 Å². The molecule has 0 spiro atoms. The van der Waals surface area contributed by atoms with Crippen LogP contribution in [0.4, 0.5) is 0 Å². The van der Waals surface area contributed by atoms with E-state index in [2.05, 4.69) is 19.9 Å². The van der Waals surface area contributed by atoms with E-state index in [0.29, 0.717) is 36.0 Å². The van der Waals surface area contributed by atoms with Crippen molar-refractivity contribution in [2.75, 3.05) is 13.1 Å². The Morgan fingerprint density at radius 3 is 2.50 bits per heavy atom. The highest BCUT2D eigenvalue weighted by molar-refractivity contribution is 6.30. The number of nitrogens with zero attached hydrogens (tertiary/aromatic N) is 2. The normalized spacial score (nSPS) is 10.2. The first kappa shape index (κ1) is 14.5. The maximum Gasteiger partial charge on any atom is 0.253 e. The zero-order valence-corrected chi connectivity index (χ0v) is 11.4. The first-order valence-electron chi connectivity index (χ1n) is 5.96. The summed E-state index contributed by atoms with van der Waals surface area (Å²) in [5.41, 5.74) is 0.609. The molecule has 1 aromatic rings. The molecule has 0 fully saturated rings. The lowest BCUT2D eigenvalue weighted by Crippen LogP contribution is -2.34. The lowest BCUT2D eigenvalue weighted by Gasteiger charge is -2.23. The molecule has 1 rings (SSSR count). The number of benzene rings is 1. The lowest BCUT2D eigenvalue weighted by atomic mass is 10.1. The van der Waals surface area contributed by atoms with E-state index in [-0.39, 0.29) is 5.91 Å². The molecule has 0 atom stereocenters. The lowest BCUT2D eigenvalue weighted by molar-refractivity contribution is 0.0740. The van der Waals surface area contributed by atoms with Gasteiger partial charge in [0, 0.05) is 23.7 Å². The third kappa shape index (κ3) is 4.38. The smallest absolute Gasteiger partial charge is 0.253 e. The van der Waals surface area contributed by atoms with Crippen molar-refractivity contribution in [2.45, 2.75) is 20.3 Å². The van der Waals surface area contributed by atoms with Crippen LogP contribution >= 0.6 is 11.6 Å². The van der Waals surface area contributed by atoms with Gasteiger partial charge in [-0.15, -0.1) is 0 Å². The van der Waals surface area contributed by atoms with Crippen LogP contribution in [-0.2, 0) is 0 Å². The molecule has 0 unspecified atom stereocenters. The third-order valence-corrected chi connectivity index (χ3v) is 2.71. The van der Waals surface area contributed by atoms with E-state index in [0.717, 1.165) is 0 Å². The molecule has 3 nitrogen and oxygen atoms in total. The molecule has 18 heavy (non-hydrogen) atoms. The quantitative estimate of drug-likeness (QED) is 0.819. The first-order chi connectivity index (χ1) is 8.54. The van der Waals surface area contributed by atoms with Crippen LogP contribution in [0.2, 0.25) is 5.02 Å². The summed E-state index contributed by atoms with van der Waals surface area (Å²) >= 11 is 5.80. The van der Waals surface area contributed by atoms with Crippen LogP contribution in [0.5, 0.6) is 0 Å². The van der Waals surface area contributed by atoms with Crippen LogP contribution in [0.3, 0.4) is 0 Å². The van der Waals surface area contributed by atoms with Crippen LogP contribution in [0.25, 0.3) is 0 Å². The number of halogens is 1. The summed E-state index contributed by atoms with van der Waals surface area (Å²) < 4.78 is 0. The van der Waals surface area contributed by atoms with Gasteiger partial charge in [-0.2, -0.15) is 5.26 Å². The van der Waals surface area contributed by atoms with Crippen molar-refractivity contribution < 1.29 is 4.79 Å². The fourth-order valence-electron chi connectivity index (χ4n) is 1.68. The van der Waals surface area contributed by atoms with Gasteiger partial charge >= 0.3 is 0 Å². The minimum Gasteiger partial charge on any atom is -0.337 e.